The maximum absolute atomic E-state index is 12.5. The number of ketones is 1. The SMILES string of the molecule is O=C1CCN(C(=O)CCCN2C(=O)NC3(CCCC3)C2=O)CC1. The Balaban J connectivity index is 1.47. The molecule has 23 heavy (non-hydrogen) atoms. The molecule has 0 atom stereocenters. The number of Topliss-reactive ketones (excluding diaryl/α,β-unsaturated/α-hetero) is 1. The highest BCUT2D eigenvalue weighted by atomic mass is 16.2. The number of nitrogens with one attached hydrogen (secondary N) is 1. The Hall–Kier alpha value is -1.92. The van der Waals surface area contributed by atoms with E-state index in [-0.39, 0.29) is 30.2 Å². The normalized spacial score (nSPS) is 23.7. The first-order valence-corrected chi connectivity index (χ1v) is 8.45. The average molecular weight is 321 g/mol. The van der Waals surface area contributed by atoms with Gasteiger partial charge in [0.2, 0.25) is 5.91 Å². The summed E-state index contributed by atoms with van der Waals surface area (Å²) in [6.45, 7) is 1.26. The van der Waals surface area contributed by atoms with Crippen LogP contribution in [0.2, 0.25) is 0 Å². The highest BCUT2D eigenvalue weighted by Crippen LogP contribution is 2.35. The number of rotatable bonds is 4. The molecule has 2 heterocycles. The zero-order chi connectivity index (χ0) is 16.4. The Bertz CT molecular complexity index is 529. The Morgan fingerprint density at radius 3 is 2.39 bits per heavy atom. The molecule has 1 saturated carbocycles. The van der Waals surface area contributed by atoms with Crippen molar-refractivity contribution in [3.8, 4) is 0 Å². The molecule has 3 aliphatic rings. The molecule has 0 bridgehead atoms. The molecule has 0 radical (unpaired) electrons. The van der Waals surface area contributed by atoms with Crippen LogP contribution in [0.4, 0.5) is 4.79 Å². The minimum atomic E-state index is -0.672. The summed E-state index contributed by atoms with van der Waals surface area (Å²) in [6, 6.07) is -0.326. The van der Waals surface area contributed by atoms with Gasteiger partial charge in [0.1, 0.15) is 11.3 Å². The lowest BCUT2D eigenvalue weighted by atomic mass is 9.98. The number of piperidine rings is 1. The zero-order valence-electron chi connectivity index (χ0n) is 13.3. The first kappa shape index (κ1) is 16.0. The van der Waals surface area contributed by atoms with Gasteiger partial charge in [0.15, 0.2) is 0 Å². The van der Waals surface area contributed by atoms with Gasteiger partial charge in [0, 0.05) is 38.9 Å². The third kappa shape index (κ3) is 3.09. The molecule has 4 amide bonds. The van der Waals surface area contributed by atoms with Gasteiger partial charge >= 0.3 is 6.03 Å². The number of urea groups is 1. The van der Waals surface area contributed by atoms with Crippen LogP contribution in [0.15, 0.2) is 0 Å². The summed E-state index contributed by atoms with van der Waals surface area (Å²) in [5, 5.41) is 2.84. The van der Waals surface area contributed by atoms with Crippen molar-refractivity contribution in [2.24, 2.45) is 0 Å². The van der Waals surface area contributed by atoms with Crippen molar-refractivity contribution in [1.29, 1.82) is 0 Å². The van der Waals surface area contributed by atoms with E-state index < -0.39 is 5.54 Å². The maximum atomic E-state index is 12.5. The molecular weight excluding hydrogens is 298 g/mol. The number of hydrogen-bond donors (Lipinski definition) is 1. The van der Waals surface area contributed by atoms with Crippen molar-refractivity contribution in [2.75, 3.05) is 19.6 Å². The third-order valence-corrected chi connectivity index (χ3v) is 5.15. The van der Waals surface area contributed by atoms with Gasteiger partial charge < -0.3 is 10.2 Å². The van der Waals surface area contributed by atoms with Gasteiger partial charge in [-0.15, -0.1) is 0 Å². The van der Waals surface area contributed by atoms with Gasteiger partial charge in [-0.1, -0.05) is 12.8 Å². The molecule has 1 aliphatic carbocycles. The molecule has 1 spiro atoms. The Morgan fingerprint density at radius 1 is 1.09 bits per heavy atom. The molecule has 7 heteroatoms. The van der Waals surface area contributed by atoms with Gasteiger partial charge in [-0.05, 0) is 19.3 Å². The first-order valence-electron chi connectivity index (χ1n) is 8.45. The fourth-order valence-corrected chi connectivity index (χ4v) is 3.75. The smallest absolute Gasteiger partial charge is 0.325 e. The fourth-order valence-electron chi connectivity index (χ4n) is 3.75. The van der Waals surface area contributed by atoms with Crippen LogP contribution in [-0.4, -0.2) is 58.6 Å². The Morgan fingerprint density at radius 2 is 1.74 bits per heavy atom. The first-order chi connectivity index (χ1) is 11.0. The average Bonchev–Trinajstić information content (AvgIpc) is 3.08. The second kappa shape index (κ2) is 6.29. The number of amides is 4. The van der Waals surface area contributed by atoms with Crippen LogP contribution < -0.4 is 5.32 Å². The number of likely N-dealkylation sites (tertiary alicyclic amines) is 1. The predicted molar refractivity (Wildman–Crippen MR) is 81.5 cm³/mol. The number of carbonyl (C=O) groups is 4. The van der Waals surface area contributed by atoms with Crippen molar-refractivity contribution < 1.29 is 19.2 Å². The van der Waals surface area contributed by atoms with E-state index in [0.717, 1.165) is 25.7 Å². The highest BCUT2D eigenvalue weighted by molar-refractivity contribution is 6.07. The molecule has 126 valence electrons. The molecule has 0 aromatic carbocycles. The topological polar surface area (TPSA) is 86.8 Å². The molecule has 7 nitrogen and oxygen atoms in total. The third-order valence-electron chi connectivity index (χ3n) is 5.15. The van der Waals surface area contributed by atoms with Gasteiger partial charge in [0.05, 0.1) is 0 Å². The van der Waals surface area contributed by atoms with Crippen LogP contribution in [-0.2, 0) is 14.4 Å². The van der Waals surface area contributed by atoms with Gasteiger partial charge in [-0.2, -0.15) is 0 Å². The number of carbonyl (C=O) groups excluding carboxylic acids is 4. The number of hydrogen-bond acceptors (Lipinski definition) is 4. The summed E-state index contributed by atoms with van der Waals surface area (Å²) >= 11 is 0. The summed E-state index contributed by atoms with van der Waals surface area (Å²) in [7, 11) is 0. The number of nitrogens with zero attached hydrogens (tertiary/aromatic N) is 2. The van der Waals surface area contributed by atoms with Crippen LogP contribution in [0, 0.1) is 0 Å². The molecule has 0 aromatic heterocycles. The Labute approximate surface area is 135 Å². The summed E-state index contributed by atoms with van der Waals surface area (Å²) in [5.74, 6) is 0.0754. The lowest BCUT2D eigenvalue weighted by molar-refractivity contribution is -0.135. The van der Waals surface area contributed by atoms with E-state index in [9.17, 15) is 19.2 Å². The van der Waals surface area contributed by atoms with E-state index in [0.29, 0.717) is 38.8 Å². The summed E-state index contributed by atoms with van der Waals surface area (Å²) < 4.78 is 0. The van der Waals surface area contributed by atoms with Crippen molar-refractivity contribution >= 4 is 23.6 Å². The van der Waals surface area contributed by atoms with Crippen LogP contribution in [0.1, 0.15) is 51.4 Å². The maximum Gasteiger partial charge on any atom is 0.325 e. The van der Waals surface area contributed by atoms with Crippen LogP contribution in [0.25, 0.3) is 0 Å². The predicted octanol–water partition coefficient (Wildman–Crippen LogP) is 0.823. The van der Waals surface area contributed by atoms with E-state index >= 15 is 0 Å². The zero-order valence-corrected chi connectivity index (χ0v) is 13.3. The molecule has 0 unspecified atom stereocenters. The number of imide groups is 1. The lowest BCUT2D eigenvalue weighted by Gasteiger charge is -2.26. The molecule has 1 N–H and O–H groups in total. The second-order valence-electron chi connectivity index (χ2n) is 6.70. The standard InChI is InChI=1S/C16H23N3O4/c20-12-5-10-18(11-6-12)13(21)4-3-9-19-14(22)16(17-15(19)23)7-1-2-8-16/h1-11H2,(H,17,23). The molecule has 2 saturated heterocycles. The molecular formula is C16H23N3O4. The van der Waals surface area contributed by atoms with Gasteiger partial charge in [-0.3, -0.25) is 19.3 Å². The second-order valence-corrected chi connectivity index (χ2v) is 6.70. The fraction of sp³-hybridized carbons (Fsp3) is 0.750. The van der Waals surface area contributed by atoms with E-state index in [2.05, 4.69) is 5.32 Å². The van der Waals surface area contributed by atoms with Crippen molar-refractivity contribution in [3.05, 3.63) is 0 Å². The van der Waals surface area contributed by atoms with Crippen molar-refractivity contribution in [3.63, 3.8) is 0 Å². The van der Waals surface area contributed by atoms with E-state index in [1.165, 1.54) is 4.90 Å². The minimum Gasteiger partial charge on any atom is -0.342 e. The molecule has 3 fully saturated rings. The summed E-state index contributed by atoms with van der Waals surface area (Å²) in [4.78, 5) is 50.7. The largest absolute Gasteiger partial charge is 0.342 e. The lowest BCUT2D eigenvalue weighted by Crippen LogP contribution is -2.44. The molecule has 0 aromatic rings. The molecule has 2 aliphatic heterocycles. The van der Waals surface area contributed by atoms with E-state index in [1.807, 2.05) is 0 Å². The Kier molecular flexibility index (Phi) is 4.37. The van der Waals surface area contributed by atoms with Crippen LogP contribution in [0.5, 0.6) is 0 Å². The van der Waals surface area contributed by atoms with E-state index in [4.69, 9.17) is 0 Å². The monoisotopic (exact) mass is 321 g/mol. The van der Waals surface area contributed by atoms with E-state index in [1.54, 1.807) is 4.90 Å². The minimum absolute atomic E-state index is 0.000124. The van der Waals surface area contributed by atoms with Gasteiger partial charge in [0.25, 0.3) is 5.91 Å². The summed E-state index contributed by atoms with van der Waals surface area (Å²) in [5.41, 5.74) is -0.672. The highest BCUT2D eigenvalue weighted by Gasteiger charge is 2.52. The van der Waals surface area contributed by atoms with Crippen LogP contribution >= 0.6 is 0 Å². The molecule has 3 rings (SSSR count). The summed E-state index contributed by atoms with van der Waals surface area (Å²) in [6.07, 6.45) is 5.00. The van der Waals surface area contributed by atoms with Crippen molar-refractivity contribution in [2.45, 2.75) is 56.9 Å². The quantitative estimate of drug-likeness (QED) is 0.777. The van der Waals surface area contributed by atoms with Crippen molar-refractivity contribution in [1.82, 2.24) is 15.1 Å². The van der Waals surface area contributed by atoms with Gasteiger partial charge in [-0.25, -0.2) is 4.79 Å². The van der Waals surface area contributed by atoms with Crippen LogP contribution in [0.3, 0.4) is 0 Å².